The van der Waals surface area contributed by atoms with Gasteiger partial charge in [0.15, 0.2) is 0 Å². The summed E-state index contributed by atoms with van der Waals surface area (Å²) in [4.78, 5) is 0. The van der Waals surface area contributed by atoms with Crippen molar-refractivity contribution in [3.05, 3.63) is 30.1 Å². The van der Waals surface area contributed by atoms with Crippen LogP contribution in [0.4, 0.5) is 5.69 Å². The van der Waals surface area contributed by atoms with Crippen LogP contribution in [-0.4, -0.2) is 37.8 Å². The first kappa shape index (κ1) is 14.4. The highest BCUT2D eigenvalue weighted by Crippen LogP contribution is 2.36. The molecule has 112 valence electrons. The van der Waals surface area contributed by atoms with Crippen LogP contribution in [0.3, 0.4) is 0 Å². The lowest BCUT2D eigenvalue weighted by Gasteiger charge is -2.39. The van der Waals surface area contributed by atoms with Crippen molar-refractivity contribution in [1.82, 2.24) is 20.2 Å². The van der Waals surface area contributed by atoms with Gasteiger partial charge >= 0.3 is 0 Å². The molecular weight excluding hydrogens is 282 g/mol. The van der Waals surface area contributed by atoms with Crippen molar-refractivity contribution in [1.29, 1.82) is 0 Å². The Kier molecular flexibility index (Phi) is 3.89. The molecule has 2 heterocycles. The Morgan fingerprint density at radius 2 is 2.24 bits per heavy atom. The van der Waals surface area contributed by atoms with Crippen LogP contribution >= 0.6 is 11.8 Å². The van der Waals surface area contributed by atoms with Crippen molar-refractivity contribution in [2.75, 3.05) is 16.8 Å². The van der Waals surface area contributed by atoms with Crippen LogP contribution in [0.15, 0.2) is 24.5 Å². The van der Waals surface area contributed by atoms with Crippen LogP contribution in [0.5, 0.6) is 0 Å². The van der Waals surface area contributed by atoms with Gasteiger partial charge in [0, 0.05) is 17.5 Å². The van der Waals surface area contributed by atoms with Gasteiger partial charge in [0.1, 0.15) is 6.33 Å². The molecule has 1 aliphatic rings. The predicted molar refractivity (Wildman–Crippen MR) is 87.0 cm³/mol. The first-order chi connectivity index (χ1) is 10.1. The molecule has 5 nitrogen and oxygen atoms in total. The summed E-state index contributed by atoms with van der Waals surface area (Å²) in [5, 5.41) is 15.1. The van der Waals surface area contributed by atoms with Crippen LogP contribution in [0.1, 0.15) is 25.8 Å². The summed E-state index contributed by atoms with van der Waals surface area (Å²) >= 11 is 2.03. The standard InChI is InChI=1S/C15H21N5S/c1-11-4-5-12(8-13(11)20-10-16-18-19-20)17-14-9-21-7-6-15(14,2)3/h4-5,8,10,14,17H,6-7,9H2,1-3H3. The van der Waals surface area contributed by atoms with E-state index in [0.717, 1.165) is 22.7 Å². The number of nitrogens with zero attached hydrogens (tertiary/aromatic N) is 4. The Balaban J connectivity index is 1.85. The average Bonchev–Trinajstić information content (AvgIpc) is 2.97. The molecule has 1 N–H and O–H groups in total. The lowest BCUT2D eigenvalue weighted by atomic mass is 9.82. The summed E-state index contributed by atoms with van der Waals surface area (Å²) < 4.78 is 1.71. The van der Waals surface area contributed by atoms with Crippen LogP contribution < -0.4 is 5.32 Å². The van der Waals surface area contributed by atoms with Gasteiger partial charge in [-0.25, -0.2) is 4.68 Å². The van der Waals surface area contributed by atoms with E-state index in [1.54, 1.807) is 11.0 Å². The van der Waals surface area contributed by atoms with E-state index in [9.17, 15) is 0 Å². The number of tetrazole rings is 1. The Hall–Kier alpha value is -1.56. The van der Waals surface area contributed by atoms with E-state index in [-0.39, 0.29) is 0 Å². The maximum absolute atomic E-state index is 3.99. The van der Waals surface area contributed by atoms with Crippen LogP contribution in [0, 0.1) is 12.3 Å². The van der Waals surface area contributed by atoms with E-state index in [2.05, 4.69) is 59.8 Å². The molecule has 21 heavy (non-hydrogen) atoms. The molecule has 1 aromatic heterocycles. The van der Waals surface area contributed by atoms with E-state index in [0.29, 0.717) is 11.5 Å². The Morgan fingerprint density at radius 1 is 1.38 bits per heavy atom. The summed E-state index contributed by atoms with van der Waals surface area (Å²) in [5.74, 6) is 2.41. The molecular formula is C15H21N5S. The second-order valence-electron chi connectivity index (χ2n) is 6.27. The van der Waals surface area contributed by atoms with Gasteiger partial charge in [0.05, 0.1) is 5.69 Å². The van der Waals surface area contributed by atoms with E-state index >= 15 is 0 Å². The third kappa shape index (κ3) is 3.05. The number of rotatable bonds is 3. The molecule has 0 bridgehead atoms. The van der Waals surface area contributed by atoms with E-state index in [4.69, 9.17) is 0 Å². The highest BCUT2D eigenvalue weighted by Gasteiger charge is 2.32. The highest BCUT2D eigenvalue weighted by molar-refractivity contribution is 7.99. The highest BCUT2D eigenvalue weighted by atomic mass is 32.2. The van der Waals surface area contributed by atoms with Crippen LogP contribution in [-0.2, 0) is 0 Å². The minimum absolute atomic E-state index is 0.325. The molecule has 0 amide bonds. The number of benzene rings is 1. The minimum atomic E-state index is 0.325. The summed E-state index contributed by atoms with van der Waals surface area (Å²) in [6.07, 6.45) is 2.88. The topological polar surface area (TPSA) is 55.6 Å². The molecule has 3 rings (SSSR count). The van der Waals surface area contributed by atoms with Gasteiger partial charge in [0.2, 0.25) is 0 Å². The molecule has 1 atom stereocenters. The second kappa shape index (κ2) is 5.67. The first-order valence-corrected chi connectivity index (χ1v) is 8.40. The van der Waals surface area contributed by atoms with Gasteiger partial charge in [0.25, 0.3) is 0 Å². The molecule has 0 radical (unpaired) electrons. The zero-order valence-electron chi connectivity index (χ0n) is 12.7. The monoisotopic (exact) mass is 303 g/mol. The first-order valence-electron chi connectivity index (χ1n) is 7.24. The van der Waals surface area contributed by atoms with Crippen molar-refractivity contribution in [2.24, 2.45) is 5.41 Å². The molecule has 0 saturated carbocycles. The Labute approximate surface area is 129 Å². The normalized spacial score (nSPS) is 21.2. The lowest BCUT2D eigenvalue weighted by molar-refractivity contribution is 0.305. The van der Waals surface area contributed by atoms with Crippen LogP contribution in [0.2, 0.25) is 0 Å². The maximum atomic E-state index is 3.99. The summed E-state index contributed by atoms with van der Waals surface area (Å²) in [6, 6.07) is 6.86. The third-order valence-corrected chi connectivity index (χ3v) is 5.33. The van der Waals surface area contributed by atoms with Gasteiger partial charge in [-0.3, -0.25) is 0 Å². The number of nitrogens with one attached hydrogen (secondary N) is 1. The van der Waals surface area contributed by atoms with Gasteiger partial charge < -0.3 is 5.32 Å². The number of aromatic nitrogens is 4. The van der Waals surface area contributed by atoms with Gasteiger partial charge in [-0.05, 0) is 52.6 Å². The fraction of sp³-hybridized carbons (Fsp3) is 0.533. The number of thioether (sulfide) groups is 1. The van der Waals surface area contributed by atoms with Gasteiger partial charge in [-0.15, -0.1) is 5.10 Å². The smallest absolute Gasteiger partial charge is 0.143 e. The van der Waals surface area contributed by atoms with Crippen LogP contribution in [0.25, 0.3) is 5.69 Å². The summed E-state index contributed by atoms with van der Waals surface area (Å²) in [7, 11) is 0. The molecule has 1 saturated heterocycles. The molecule has 0 spiro atoms. The number of hydrogen-bond donors (Lipinski definition) is 1. The van der Waals surface area contributed by atoms with Crippen molar-refractivity contribution in [3.63, 3.8) is 0 Å². The molecule has 1 unspecified atom stereocenters. The van der Waals surface area contributed by atoms with Crippen molar-refractivity contribution in [3.8, 4) is 5.69 Å². The van der Waals surface area contributed by atoms with E-state index in [1.165, 1.54) is 12.2 Å². The summed E-state index contributed by atoms with van der Waals surface area (Å²) in [6.45, 7) is 6.77. The zero-order chi connectivity index (χ0) is 14.9. The van der Waals surface area contributed by atoms with E-state index in [1.807, 2.05) is 11.8 Å². The molecule has 0 aliphatic carbocycles. The molecule has 1 aromatic carbocycles. The number of aryl methyl sites for hydroxylation is 1. The Bertz CT molecular complexity index is 609. The van der Waals surface area contributed by atoms with Gasteiger partial charge in [-0.2, -0.15) is 11.8 Å². The predicted octanol–water partition coefficient (Wildman–Crippen LogP) is 2.91. The molecule has 1 aliphatic heterocycles. The van der Waals surface area contributed by atoms with Crippen molar-refractivity contribution in [2.45, 2.75) is 33.2 Å². The quantitative estimate of drug-likeness (QED) is 0.945. The number of anilines is 1. The zero-order valence-corrected chi connectivity index (χ0v) is 13.5. The maximum Gasteiger partial charge on any atom is 0.143 e. The van der Waals surface area contributed by atoms with E-state index < -0.39 is 0 Å². The molecule has 6 heteroatoms. The Morgan fingerprint density at radius 3 is 2.95 bits per heavy atom. The minimum Gasteiger partial charge on any atom is -0.381 e. The lowest BCUT2D eigenvalue weighted by Crippen LogP contribution is -2.41. The SMILES string of the molecule is Cc1ccc(NC2CSCCC2(C)C)cc1-n1cnnn1. The molecule has 1 fully saturated rings. The average molecular weight is 303 g/mol. The largest absolute Gasteiger partial charge is 0.381 e. The summed E-state index contributed by atoms with van der Waals surface area (Å²) in [5.41, 5.74) is 3.63. The third-order valence-electron chi connectivity index (χ3n) is 4.26. The fourth-order valence-electron chi connectivity index (χ4n) is 2.59. The fourth-order valence-corrected chi connectivity index (χ4v) is 4.20. The van der Waals surface area contributed by atoms with Crippen molar-refractivity contribution < 1.29 is 0 Å². The van der Waals surface area contributed by atoms with Gasteiger partial charge in [-0.1, -0.05) is 19.9 Å². The second-order valence-corrected chi connectivity index (χ2v) is 7.42. The molecule has 2 aromatic rings. The number of hydrogen-bond acceptors (Lipinski definition) is 5. The van der Waals surface area contributed by atoms with Crippen molar-refractivity contribution >= 4 is 17.4 Å².